The van der Waals surface area contributed by atoms with Crippen LogP contribution in [0.1, 0.15) is 19.8 Å². The molecule has 5 nitrogen and oxygen atoms in total. The maximum absolute atomic E-state index is 12.4. The third-order valence-corrected chi connectivity index (χ3v) is 4.32. The van der Waals surface area contributed by atoms with Gasteiger partial charge in [-0.3, -0.25) is 4.79 Å². The second-order valence-corrected chi connectivity index (χ2v) is 6.18. The highest BCUT2D eigenvalue weighted by Crippen LogP contribution is 2.31. The van der Waals surface area contributed by atoms with Gasteiger partial charge in [-0.25, -0.2) is 0 Å². The number of likely N-dealkylation sites (tertiary alicyclic amines) is 1. The Kier molecular flexibility index (Phi) is 5.43. The van der Waals surface area contributed by atoms with E-state index in [1.807, 2.05) is 60.4 Å². The third kappa shape index (κ3) is 4.24. The fraction of sp³-hybridized carbons (Fsp3) is 0.350. The van der Waals surface area contributed by atoms with Crippen LogP contribution in [0.25, 0.3) is 0 Å². The van der Waals surface area contributed by atoms with Gasteiger partial charge in [0.25, 0.3) is 0 Å². The highest BCUT2D eigenvalue weighted by molar-refractivity contribution is 5.84. The Hall–Kier alpha value is -2.69. The van der Waals surface area contributed by atoms with E-state index in [1.54, 1.807) is 7.11 Å². The van der Waals surface area contributed by atoms with Gasteiger partial charge in [0.1, 0.15) is 11.8 Å². The van der Waals surface area contributed by atoms with Crippen LogP contribution in [0.4, 0.5) is 5.69 Å². The van der Waals surface area contributed by atoms with E-state index in [0.717, 1.165) is 31.6 Å². The Labute approximate surface area is 148 Å². The first-order chi connectivity index (χ1) is 12.2. The number of benzene rings is 2. The maximum atomic E-state index is 12.4. The van der Waals surface area contributed by atoms with E-state index in [4.69, 9.17) is 9.47 Å². The van der Waals surface area contributed by atoms with Crippen molar-refractivity contribution in [1.29, 1.82) is 0 Å². The summed E-state index contributed by atoms with van der Waals surface area (Å²) < 4.78 is 11.2. The number of carbonyl (C=O) groups is 1. The van der Waals surface area contributed by atoms with E-state index < -0.39 is 0 Å². The van der Waals surface area contributed by atoms with Gasteiger partial charge >= 0.3 is 0 Å². The molecule has 1 aliphatic rings. The lowest BCUT2D eigenvalue weighted by atomic mass is 10.2. The molecule has 3 rings (SSSR count). The van der Waals surface area contributed by atoms with Crippen molar-refractivity contribution in [1.82, 2.24) is 4.90 Å². The van der Waals surface area contributed by atoms with Crippen molar-refractivity contribution in [3.05, 3.63) is 48.5 Å². The number of carbonyl (C=O) groups excluding carboxylic acids is 1. The predicted molar refractivity (Wildman–Crippen MR) is 98.4 cm³/mol. The van der Waals surface area contributed by atoms with E-state index in [0.29, 0.717) is 17.2 Å². The minimum atomic E-state index is -0.237. The number of nitrogens with one attached hydrogen (secondary N) is 1. The monoisotopic (exact) mass is 340 g/mol. The quantitative estimate of drug-likeness (QED) is 0.866. The molecule has 0 aliphatic carbocycles. The lowest BCUT2D eigenvalue weighted by Crippen LogP contribution is -2.39. The molecule has 1 fully saturated rings. The Morgan fingerprint density at radius 3 is 2.32 bits per heavy atom. The number of hydrogen-bond acceptors (Lipinski definition) is 4. The Bertz CT molecular complexity index is 709. The molecule has 1 heterocycles. The van der Waals surface area contributed by atoms with Crippen LogP contribution in [0.2, 0.25) is 0 Å². The largest absolute Gasteiger partial charge is 0.493 e. The van der Waals surface area contributed by atoms with Crippen LogP contribution in [-0.2, 0) is 4.79 Å². The molecule has 1 N–H and O–H groups in total. The zero-order valence-electron chi connectivity index (χ0n) is 14.7. The van der Waals surface area contributed by atoms with Crippen LogP contribution in [0, 0.1) is 0 Å². The summed E-state index contributed by atoms with van der Waals surface area (Å²) in [5.41, 5.74) is 0.896. The molecule has 1 unspecified atom stereocenters. The lowest BCUT2D eigenvalue weighted by molar-refractivity contribution is -0.130. The number of amides is 1. The molecule has 1 saturated heterocycles. The van der Waals surface area contributed by atoms with Crippen LogP contribution in [0.15, 0.2) is 48.5 Å². The zero-order valence-corrected chi connectivity index (χ0v) is 14.7. The molecular weight excluding hydrogens is 316 g/mol. The van der Waals surface area contributed by atoms with E-state index in [9.17, 15) is 4.79 Å². The predicted octanol–water partition coefficient (Wildman–Crippen LogP) is 3.91. The third-order valence-electron chi connectivity index (χ3n) is 4.32. The summed E-state index contributed by atoms with van der Waals surface area (Å²) in [6, 6.07) is 14.9. The van der Waals surface area contributed by atoms with E-state index >= 15 is 0 Å². The van der Waals surface area contributed by atoms with E-state index in [1.165, 1.54) is 0 Å². The molecular formula is C20H24N2O3. The number of ether oxygens (including phenoxy) is 2. The smallest absolute Gasteiger partial charge is 0.244 e. The van der Waals surface area contributed by atoms with Gasteiger partial charge in [0, 0.05) is 18.8 Å². The van der Waals surface area contributed by atoms with Crippen LogP contribution in [0.3, 0.4) is 0 Å². The van der Waals surface area contributed by atoms with E-state index in [-0.39, 0.29) is 11.9 Å². The lowest BCUT2D eigenvalue weighted by Gasteiger charge is -2.22. The van der Waals surface area contributed by atoms with Crippen LogP contribution >= 0.6 is 0 Å². The first kappa shape index (κ1) is 17.1. The van der Waals surface area contributed by atoms with E-state index in [2.05, 4.69) is 5.32 Å². The minimum Gasteiger partial charge on any atom is -0.493 e. The molecule has 1 amide bonds. The summed E-state index contributed by atoms with van der Waals surface area (Å²) in [6.45, 7) is 3.65. The molecule has 0 saturated carbocycles. The normalized spacial score (nSPS) is 14.9. The molecule has 0 spiro atoms. The fourth-order valence-electron chi connectivity index (χ4n) is 2.97. The summed E-state index contributed by atoms with van der Waals surface area (Å²) in [5, 5.41) is 3.26. The summed E-state index contributed by atoms with van der Waals surface area (Å²) in [5.74, 6) is 2.23. The Morgan fingerprint density at radius 2 is 1.68 bits per heavy atom. The van der Waals surface area contributed by atoms with Gasteiger partial charge in [-0.05, 0) is 56.2 Å². The van der Waals surface area contributed by atoms with Crippen molar-refractivity contribution in [2.75, 3.05) is 25.5 Å². The standard InChI is InChI=1S/C20H24N2O3/c1-15(20(23)22-13-5-6-14-22)21-16-9-11-17(12-10-16)25-19-8-4-3-7-18(19)24-2/h3-4,7-12,15,21H,5-6,13-14H2,1-2H3. The summed E-state index contributed by atoms with van der Waals surface area (Å²) in [7, 11) is 1.62. The van der Waals surface area contributed by atoms with Crippen LogP contribution < -0.4 is 14.8 Å². The molecule has 25 heavy (non-hydrogen) atoms. The van der Waals surface area contributed by atoms with Gasteiger partial charge in [0.05, 0.1) is 7.11 Å². The topological polar surface area (TPSA) is 50.8 Å². The average molecular weight is 340 g/mol. The number of hydrogen-bond donors (Lipinski definition) is 1. The van der Waals surface area contributed by atoms with Crippen LogP contribution in [0.5, 0.6) is 17.2 Å². The van der Waals surface area contributed by atoms with Crippen molar-refractivity contribution in [2.45, 2.75) is 25.8 Å². The number of anilines is 1. The Balaban J connectivity index is 1.61. The first-order valence-electron chi connectivity index (χ1n) is 8.63. The molecule has 0 aromatic heterocycles. The van der Waals surface area contributed by atoms with Gasteiger partial charge in [-0.1, -0.05) is 12.1 Å². The maximum Gasteiger partial charge on any atom is 0.244 e. The second kappa shape index (κ2) is 7.92. The molecule has 1 atom stereocenters. The summed E-state index contributed by atoms with van der Waals surface area (Å²) in [6.07, 6.45) is 2.21. The Morgan fingerprint density at radius 1 is 1.04 bits per heavy atom. The highest BCUT2D eigenvalue weighted by Gasteiger charge is 2.22. The molecule has 2 aromatic rings. The number of methoxy groups -OCH3 is 1. The van der Waals surface area contributed by atoms with Gasteiger partial charge in [0.2, 0.25) is 5.91 Å². The highest BCUT2D eigenvalue weighted by atomic mass is 16.5. The molecule has 1 aliphatic heterocycles. The minimum absolute atomic E-state index is 0.159. The summed E-state index contributed by atoms with van der Waals surface area (Å²) >= 11 is 0. The van der Waals surface area contributed by atoms with Crippen molar-refractivity contribution in [3.8, 4) is 17.2 Å². The average Bonchev–Trinajstić information content (AvgIpc) is 3.18. The first-order valence-corrected chi connectivity index (χ1v) is 8.63. The molecule has 5 heteroatoms. The molecule has 0 bridgehead atoms. The molecule has 2 aromatic carbocycles. The van der Waals surface area contributed by atoms with Crippen molar-refractivity contribution in [3.63, 3.8) is 0 Å². The fourth-order valence-corrected chi connectivity index (χ4v) is 2.97. The second-order valence-electron chi connectivity index (χ2n) is 6.18. The molecule has 0 radical (unpaired) electrons. The molecule has 132 valence electrons. The zero-order chi connectivity index (χ0) is 17.6. The van der Waals surface area contributed by atoms with Crippen molar-refractivity contribution >= 4 is 11.6 Å². The van der Waals surface area contributed by atoms with Gasteiger partial charge in [-0.2, -0.15) is 0 Å². The van der Waals surface area contributed by atoms with Gasteiger partial charge in [-0.15, -0.1) is 0 Å². The van der Waals surface area contributed by atoms with Crippen molar-refractivity contribution < 1.29 is 14.3 Å². The number of para-hydroxylation sites is 2. The summed E-state index contributed by atoms with van der Waals surface area (Å²) in [4.78, 5) is 14.3. The number of rotatable bonds is 6. The van der Waals surface area contributed by atoms with Gasteiger partial charge in [0.15, 0.2) is 11.5 Å². The SMILES string of the molecule is COc1ccccc1Oc1ccc(NC(C)C(=O)N2CCCC2)cc1. The van der Waals surface area contributed by atoms with Crippen molar-refractivity contribution in [2.24, 2.45) is 0 Å². The number of nitrogens with zero attached hydrogens (tertiary/aromatic N) is 1. The van der Waals surface area contributed by atoms with Gasteiger partial charge < -0.3 is 19.7 Å². The van der Waals surface area contributed by atoms with Crippen LogP contribution in [-0.4, -0.2) is 37.0 Å².